The van der Waals surface area contributed by atoms with Crippen molar-refractivity contribution in [2.24, 2.45) is 5.92 Å². The minimum absolute atomic E-state index is 0.0878. The number of rotatable bonds is 5. The van der Waals surface area contributed by atoms with Gasteiger partial charge in [-0.1, -0.05) is 37.0 Å². The molecule has 0 aliphatic carbocycles. The largest absolute Gasteiger partial charge is 0.355 e. The molecule has 0 saturated carbocycles. The zero-order valence-electron chi connectivity index (χ0n) is 13.0. The quantitative estimate of drug-likeness (QED) is 0.890. The fourth-order valence-electron chi connectivity index (χ4n) is 2.33. The Morgan fingerprint density at radius 1 is 1.32 bits per heavy atom. The van der Waals surface area contributed by atoms with Gasteiger partial charge in [0.2, 0.25) is 5.91 Å². The van der Waals surface area contributed by atoms with Gasteiger partial charge in [-0.05, 0) is 12.0 Å². The number of nitrogens with zero attached hydrogens (tertiary/aromatic N) is 3. The molecule has 1 N–H and O–H groups in total. The molecule has 1 fully saturated rings. The van der Waals surface area contributed by atoms with Crippen LogP contribution in [0.4, 0.5) is 5.82 Å². The molecule has 0 unspecified atom stereocenters. The van der Waals surface area contributed by atoms with Crippen molar-refractivity contribution in [1.29, 1.82) is 0 Å². The lowest BCUT2D eigenvalue weighted by Crippen LogP contribution is -2.50. The van der Waals surface area contributed by atoms with E-state index in [9.17, 15) is 4.79 Å². The van der Waals surface area contributed by atoms with Crippen LogP contribution >= 0.6 is 23.2 Å². The standard InChI is InChI=1S/C15H22Cl2N4O/c1-11(2)8-18-14(22)10-20-3-5-21(6-4-20)15-13(17)7-12(16)9-19-15/h7,9,11H,3-6,8,10H2,1-2H3,(H,18,22). The Balaban J connectivity index is 1.81. The van der Waals surface area contributed by atoms with E-state index in [1.54, 1.807) is 12.3 Å². The zero-order chi connectivity index (χ0) is 16.1. The topological polar surface area (TPSA) is 48.5 Å². The predicted octanol–water partition coefficient (Wildman–Crippen LogP) is 2.28. The van der Waals surface area contributed by atoms with Gasteiger partial charge in [-0.3, -0.25) is 9.69 Å². The first-order valence-electron chi connectivity index (χ1n) is 7.50. The Morgan fingerprint density at radius 3 is 2.59 bits per heavy atom. The van der Waals surface area contributed by atoms with Gasteiger partial charge in [0.25, 0.3) is 0 Å². The Morgan fingerprint density at radius 2 is 2.00 bits per heavy atom. The number of hydrogen-bond donors (Lipinski definition) is 1. The molecule has 0 aromatic carbocycles. The third-order valence-electron chi connectivity index (χ3n) is 3.53. The van der Waals surface area contributed by atoms with E-state index in [0.29, 0.717) is 22.5 Å². The summed E-state index contributed by atoms with van der Waals surface area (Å²) in [6, 6.07) is 1.71. The summed E-state index contributed by atoms with van der Waals surface area (Å²) in [5, 5.41) is 4.05. The van der Waals surface area contributed by atoms with Gasteiger partial charge in [0, 0.05) is 38.9 Å². The molecule has 2 heterocycles. The van der Waals surface area contributed by atoms with E-state index in [1.165, 1.54) is 0 Å². The Hall–Kier alpha value is -1.04. The molecule has 0 atom stereocenters. The number of carbonyl (C=O) groups excluding carboxylic acids is 1. The van der Waals surface area contributed by atoms with Crippen molar-refractivity contribution < 1.29 is 4.79 Å². The van der Waals surface area contributed by atoms with Crippen LogP contribution in [0.3, 0.4) is 0 Å². The molecule has 1 amide bonds. The highest BCUT2D eigenvalue weighted by Gasteiger charge is 2.21. The van der Waals surface area contributed by atoms with Crippen LogP contribution in [-0.4, -0.2) is 55.1 Å². The number of amides is 1. The second kappa shape index (κ2) is 7.99. The maximum atomic E-state index is 11.8. The summed E-state index contributed by atoms with van der Waals surface area (Å²) in [5.74, 6) is 1.32. The zero-order valence-corrected chi connectivity index (χ0v) is 14.5. The summed E-state index contributed by atoms with van der Waals surface area (Å²) in [7, 11) is 0. The maximum Gasteiger partial charge on any atom is 0.234 e. The lowest BCUT2D eigenvalue weighted by molar-refractivity contribution is -0.122. The molecule has 1 aliphatic heterocycles. The average molecular weight is 345 g/mol. The third-order valence-corrected chi connectivity index (χ3v) is 4.02. The number of carbonyl (C=O) groups is 1. The number of aromatic nitrogens is 1. The lowest BCUT2D eigenvalue weighted by Gasteiger charge is -2.35. The molecule has 7 heteroatoms. The first kappa shape index (κ1) is 17.3. The number of hydrogen-bond acceptors (Lipinski definition) is 4. The molecule has 0 spiro atoms. The fourth-order valence-corrected chi connectivity index (χ4v) is 2.83. The van der Waals surface area contributed by atoms with Crippen molar-refractivity contribution in [3.05, 3.63) is 22.3 Å². The maximum absolute atomic E-state index is 11.8. The Kier molecular flexibility index (Phi) is 6.29. The molecule has 1 aromatic heterocycles. The molecule has 0 bridgehead atoms. The Labute approximate surface area is 141 Å². The minimum Gasteiger partial charge on any atom is -0.355 e. The van der Waals surface area contributed by atoms with Gasteiger partial charge in [0.05, 0.1) is 16.6 Å². The second-order valence-electron chi connectivity index (χ2n) is 5.92. The first-order chi connectivity index (χ1) is 10.5. The van der Waals surface area contributed by atoms with Crippen LogP contribution in [0.25, 0.3) is 0 Å². The van der Waals surface area contributed by atoms with Crippen molar-refractivity contribution in [3.63, 3.8) is 0 Å². The van der Waals surface area contributed by atoms with Crippen LogP contribution in [0.2, 0.25) is 10.0 Å². The lowest BCUT2D eigenvalue weighted by atomic mass is 10.2. The van der Waals surface area contributed by atoms with Gasteiger partial charge in [-0.15, -0.1) is 0 Å². The molecule has 5 nitrogen and oxygen atoms in total. The molecule has 2 rings (SSSR count). The highest BCUT2D eigenvalue weighted by Crippen LogP contribution is 2.26. The smallest absolute Gasteiger partial charge is 0.234 e. The van der Waals surface area contributed by atoms with Crippen LogP contribution < -0.4 is 10.2 Å². The van der Waals surface area contributed by atoms with Gasteiger partial charge in [0.15, 0.2) is 0 Å². The van der Waals surface area contributed by atoms with Crippen molar-refractivity contribution >= 4 is 34.9 Å². The summed E-state index contributed by atoms with van der Waals surface area (Å²) < 4.78 is 0. The van der Waals surface area contributed by atoms with E-state index >= 15 is 0 Å². The molecule has 1 saturated heterocycles. The Bertz CT molecular complexity index is 516. The van der Waals surface area contributed by atoms with Gasteiger partial charge >= 0.3 is 0 Å². The number of piperazine rings is 1. The molecule has 1 aliphatic rings. The minimum atomic E-state index is 0.0878. The van der Waals surface area contributed by atoms with E-state index in [2.05, 4.69) is 33.9 Å². The summed E-state index contributed by atoms with van der Waals surface area (Å²) in [5.41, 5.74) is 0. The van der Waals surface area contributed by atoms with Crippen molar-refractivity contribution in [2.45, 2.75) is 13.8 Å². The molecule has 22 heavy (non-hydrogen) atoms. The summed E-state index contributed by atoms with van der Waals surface area (Å²) >= 11 is 12.1. The van der Waals surface area contributed by atoms with Crippen molar-refractivity contribution in [3.8, 4) is 0 Å². The highest BCUT2D eigenvalue weighted by atomic mass is 35.5. The van der Waals surface area contributed by atoms with Gasteiger partial charge in [0.1, 0.15) is 5.82 Å². The normalized spacial score (nSPS) is 16.1. The number of halogens is 2. The second-order valence-corrected chi connectivity index (χ2v) is 6.76. The molecular weight excluding hydrogens is 323 g/mol. The van der Waals surface area contributed by atoms with Gasteiger partial charge in [-0.25, -0.2) is 4.98 Å². The van der Waals surface area contributed by atoms with E-state index in [-0.39, 0.29) is 5.91 Å². The van der Waals surface area contributed by atoms with Crippen molar-refractivity contribution in [2.75, 3.05) is 44.2 Å². The molecule has 122 valence electrons. The van der Waals surface area contributed by atoms with E-state index in [0.717, 1.165) is 38.5 Å². The number of pyridine rings is 1. The number of nitrogens with one attached hydrogen (secondary N) is 1. The monoisotopic (exact) mass is 344 g/mol. The summed E-state index contributed by atoms with van der Waals surface area (Å²) in [6.07, 6.45) is 1.61. The van der Waals surface area contributed by atoms with Crippen molar-refractivity contribution in [1.82, 2.24) is 15.2 Å². The third kappa shape index (κ3) is 5.00. The molecule has 1 aromatic rings. The summed E-state index contributed by atoms with van der Waals surface area (Å²) in [6.45, 7) is 8.57. The first-order valence-corrected chi connectivity index (χ1v) is 8.26. The van der Waals surface area contributed by atoms with E-state index in [4.69, 9.17) is 23.2 Å². The van der Waals surface area contributed by atoms with Gasteiger partial charge in [-0.2, -0.15) is 0 Å². The van der Waals surface area contributed by atoms with Crippen LogP contribution in [0, 0.1) is 5.92 Å². The van der Waals surface area contributed by atoms with Crippen LogP contribution in [0.1, 0.15) is 13.8 Å². The SMILES string of the molecule is CC(C)CNC(=O)CN1CCN(c2ncc(Cl)cc2Cl)CC1. The van der Waals surface area contributed by atoms with Crippen LogP contribution in [0.15, 0.2) is 12.3 Å². The fraction of sp³-hybridized carbons (Fsp3) is 0.600. The predicted molar refractivity (Wildman–Crippen MR) is 90.8 cm³/mol. The van der Waals surface area contributed by atoms with E-state index in [1.807, 2.05) is 0 Å². The highest BCUT2D eigenvalue weighted by molar-refractivity contribution is 6.36. The summed E-state index contributed by atoms with van der Waals surface area (Å²) in [4.78, 5) is 20.4. The molecular formula is C15H22Cl2N4O. The molecule has 0 radical (unpaired) electrons. The van der Waals surface area contributed by atoms with Gasteiger partial charge < -0.3 is 10.2 Å². The van der Waals surface area contributed by atoms with Crippen LogP contribution in [-0.2, 0) is 4.79 Å². The number of anilines is 1. The average Bonchev–Trinajstić information content (AvgIpc) is 2.46. The van der Waals surface area contributed by atoms with E-state index < -0.39 is 0 Å². The van der Waals surface area contributed by atoms with Crippen LogP contribution in [0.5, 0.6) is 0 Å².